The summed E-state index contributed by atoms with van der Waals surface area (Å²) in [6.07, 6.45) is 0.578. The lowest BCUT2D eigenvalue weighted by Crippen LogP contribution is -2.47. The highest BCUT2D eigenvalue weighted by Crippen LogP contribution is 2.25. The number of halogens is 2. The number of carbonyl (C=O) groups excluding carboxylic acids is 1. The van der Waals surface area contributed by atoms with Gasteiger partial charge in [0, 0.05) is 16.1 Å². The molecular weight excluding hydrogens is 283 g/mol. The maximum Gasteiger partial charge on any atom is 0.237 e. The van der Waals surface area contributed by atoms with Crippen molar-refractivity contribution >= 4 is 29.1 Å². The van der Waals surface area contributed by atoms with Gasteiger partial charge in [-0.05, 0) is 37.0 Å². The largest absolute Gasteiger partial charge is 0.352 e. The summed E-state index contributed by atoms with van der Waals surface area (Å²) in [5.41, 5.74) is 6.64. The molecule has 0 saturated heterocycles. The molecule has 0 heterocycles. The third-order valence-electron chi connectivity index (χ3n) is 2.98. The molecule has 3 nitrogen and oxygen atoms in total. The van der Waals surface area contributed by atoms with Gasteiger partial charge in [0.05, 0.1) is 6.04 Å². The van der Waals surface area contributed by atoms with E-state index in [4.69, 9.17) is 28.9 Å². The molecule has 0 saturated carbocycles. The Kier molecular flexibility index (Phi) is 6.11. The Morgan fingerprint density at radius 2 is 1.79 bits per heavy atom. The molecule has 0 spiro atoms. The highest BCUT2D eigenvalue weighted by atomic mass is 35.5. The zero-order chi connectivity index (χ0) is 14.6. The summed E-state index contributed by atoms with van der Waals surface area (Å²) in [7, 11) is 0. The van der Waals surface area contributed by atoms with Gasteiger partial charge >= 0.3 is 0 Å². The van der Waals surface area contributed by atoms with E-state index >= 15 is 0 Å². The minimum absolute atomic E-state index is 0.0744. The molecule has 0 fully saturated rings. The van der Waals surface area contributed by atoms with Crippen LogP contribution in [0.15, 0.2) is 18.2 Å². The first-order valence-electron chi connectivity index (χ1n) is 6.31. The topological polar surface area (TPSA) is 55.1 Å². The number of hydrogen-bond donors (Lipinski definition) is 2. The molecule has 19 heavy (non-hydrogen) atoms. The summed E-state index contributed by atoms with van der Waals surface area (Å²) in [4.78, 5) is 11.9. The predicted molar refractivity (Wildman–Crippen MR) is 80.6 cm³/mol. The smallest absolute Gasteiger partial charge is 0.237 e. The van der Waals surface area contributed by atoms with Gasteiger partial charge in [0.2, 0.25) is 5.91 Å². The lowest BCUT2D eigenvalue weighted by molar-refractivity contribution is -0.123. The Balaban J connectivity index is 2.66. The Bertz CT molecular complexity index is 429. The van der Waals surface area contributed by atoms with Crippen LogP contribution < -0.4 is 11.1 Å². The molecule has 0 bridgehead atoms. The second-order valence-corrected chi connectivity index (χ2v) is 5.90. The summed E-state index contributed by atoms with van der Waals surface area (Å²) in [6, 6.07) is 4.80. The van der Waals surface area contributed by atoms with Crippen LogP contribution in [0.5, 0.6) is 0 Å². The van der Waals surface area contributed by atoms with Gasteiger partial charge in [0.15, 0.2) is 0 Å². The summed E-state index contributed by atoms with van der Waals surface area (Å²) in [5, 5.41) is 4.11. The quantitative estimate of drug-likeness (QED) is 0.878. The Hall–Kier alpha value is -0.770. The number of benzene rings is 1. The molecule has 0 radical (unpaired) electrons. The fraction of sp³-hybridized carbons (Fsp3) is 0.500. The molecule has 1 amide bonds. The number of carbonyl (C=O) groups is 1. The van der Waals surface area contributed by atoms with Gasteiger partial charge in [-0.25, -0.2) is 0 Å². The van der Waals surface area contributed by atoms with Crippen molar-refractivity contribution in [1.82, 2.24) is 5.32 Å². The highest BCUT2D eigenvalue weighted by molar-refractivity contribution is 6.36. The average Bonchev–Trinajstić information content (AvgIpc) is 2.32. The third kappa shape index (κ3) is 4.68. The first kappa shape index (κ1) is 16.3. The summed E-state index contributed by atoms with van der Waals surface area (Å²) in [6.45, 7) is 5.74. The second-order valence-electron chi connectivity index (χ2n) is 5.08. The maximum absolute atomic E-state index is 11.9. The van der Waals surface area contributed by atoms with Crippen molar-refractivity contribution in [3.63, 3.8) is 0 Å². The van der Waals surface area contributed by atoms with E-state index in [9.17, 15) is 4.79 Å². The van der Waals surface area contributed by atoms with Crippen LogP contribution in [0.4, 0.5) is 0 Å². The normalized spacial score (nSPS) is 14.3. The van der Waals surface area contributed by atoms with E-state index < -0.39 is 6.04 Å². The van der Waals surface area contributed by atoms with E-state index in [0.717, 1.165) is 5.56 Å². The second kappa shape index (κ2) is 7.13. The fourth-order valence-corrected chi connectivity index (χ4v) is 2.28. The van der Waals surface area contributed by atoms with Gasteiger partial charge < -0.3 is 11.1 Å². The van der Waals surface area contributed by atoms with E-state index in [2.05, 4.69) is 5.32 Å². The van der Waals surface area contributed by atoms with Crippen molar-refractivity contribution in [2.45, 2.75) is 39.3 Å². The van der Waals surface area contributed by atoms with Gasteiger partial charge in [-0.3, -0.25) is 4.79 Å². The Labute approximate surface area is 124 Å². The van der Waals surface area contributed by atoms with Crippen LogP contribution in [0.1, 0.15) is 26.3 Å². The zero-order valence-corrected chi connectivity index (χ0v) is 12.9. The van der Waals surface area contributed by atoms with Crippen molar-refractivity contribution in [2.75, 3.05) is 0 Å². The molecule has 1 aromatic rings. The first-order valence-corrected chi connectivity index (χ1v) is 7.07. The van der Waals surface area contributed by atoms with Crippen LogP contribution in [-0.2, 0) is 11.2 Å². The number of nitrogens with two attached hydrogens (primary N) is 1. The van der Waals surface area contributed by atoms with Crippen molar-refractivity contribution in [2.24, 2.45) is 11.7 Å². The zero-order valence-electron chi connectivity index (χ0n) is 11.4. The van der Waals surface area contributed by atoms with E-state index in [1.807, 2.05) is 20.8 Å². The van der Waals surface area contributed by atoms with Crippen molar-refractivity contribution < 1.29 is 4.79 Å². The van der Waals surface area contributed by atoms with Crippen molar-refractivity contribution in [3.05, 3.63) is 33.8 Å². The average molecular weight is 303 g/mol. The van der Waals surface area contributed by atoms with Gasteiger partial charge in [-0.15, -0.1) is 0 Å². The molecule has 0 aliphatic carbocycles. The van der Waals surface area contributed by atoms with Gasteiger partial charge in [0.1, 0.15) is 0 Å². The van der Waals surface area contributed by atoms with Crippen molar-refractivity contribution in [1.29, 1.82) is 0 Å². The number of nitrogens with one attached hydrogen (secondary N) is 1. The monoisotopic (exact) mass is 302 g/mol. The first-order chi connectivity index (χ1) is 8.82. The van der Waals surface area contributed by atoms with Gasteiger partial charge in [0.25, 0.3) is 0 Å². The third-order valence-corrected chi connectivity index (χ3v) is 3.69. The number of hydrogen-bond acceptors (Lipinski definition) is 2. The SMILES string of the molecule is CC(Cc1c(Cl)cccc1Cl)NC(=O)[C@@H](N)C(C)C. The summed E-state index contributed by atoms with van der Waals surface area (Å²) < 4.78 is 0. The van der Waals surface area contributed by atoms with E-state index in [-0.39, 0.29) is 17.9 Å². The van der Waals surface area contributed by atoms with Gasteiger partial charge in [-0.1, -0.05) is 43.1 Å². The molecule has 3 N–H and O–H groups in total. The van der Waals surface area contributed by atoms with E-state index in [0.29, 0.717) is 16.5 Å². The number of rotatable bonds is 5. The molecule has 0 aliphatic rings. The molecule has 106 valence electrons. The molecular formula is C14H20Cl2N2O. The van der Waals surface area contributed by atoms with Crippen LogP contribution in [0.25, 0.3) is 0 Å². The summed E-state index contributed by atoms with van der Waals surface area (Å²) >= 11 is 12.2. The van der Waals surface area contributed by atoms with Crippen LogP contribution in [0.3, 0.4) is 0 Å². The Morgan fingerprint density at radius 1 is 1.26 bits per heavy atom. The molecule has 1 rings (SSSR count). The van der Waals surface area contributed by atoms with Crippen LogP contribution in [-0.4, -0.2) is 18.0 Å². The van der Waals surface area contributed by atoms with E-state index in [1.54, 1.807) is 18.2 Å². The van der Waals surface area contributed by atoms with Crippen molar-refractivity contribution in [3.8, 4) is 0 Å². The van der Waals surface area contributed by atoms with E-state index in [1.165, 1.54) is 0 Å². The fourth-order valence-electron chi connectivity index (χ4n) is 1.73. The predicted octanol–water partition coefficient (Wildman–Crippen LogP) is 3.02. The Morgan fingerprint density at radius 3 is 2.26 bits per heavy atom. The van der Waals surface area contributed by atoms with Crippen LogP contribution in [0, 0.1) is 5.92 Å². The minimum atomic E-state index is -0.496. The lowest BCUT2D eigenvalue weighted by Gasteiger charge is -2.20. The van der Waals surface area contributed by atoms with Gasteiger partial charge in [-0.2, -0.15) is 0 Å². The lowest BCUT2D eigenvalue weighted by atomic mass is 10.0. The molecule has 5 heteroatoms. The highest BCUT2D eigenvalue weighted by Gasteiger charge is 2.19. The molecule has 0 aromatic heterocycles. The van der Waals surface area contributed by atoms with Crippen LogP contribution in [0.2, 0.25) is 10.0 Å². The molecule has 0 aliphatic heterocycles. The minimum Gasteiger partial charge on any atom is -0.352 e. The summed E-state index contributed by atoms with van der Waals surface area (Å²) in [5.74, 6) is -0.0400. The molecule has 1 aromatic carbocycles. The molecule has 2 atom stereocenters. The standard InChI is InChI=1S/C14H20Cl2N2O/c1-8(2)13(17)14(19)18-9(3)7-10-11(15)5-4-6-12(10)16/h4-6,8-9,13H,7,17H2,1-3H3,(H,18,19)/t9?,13-/m0/s1. The van der Waals surface area contributed by atoms with Crippen LogP contribution >= 0.6 is 23.2 Å². The number of amides is 1. The maximum atomic E-state index is 11.9. The molecule has 1 unspecified atom stereocenters.